The van der Waals surface area contributed by atoms with Crippen LogP contribution in [0.5, 0.6) is 17.6 Å². The van der Waals surface area contributed by atoms with E-state index in [0.717, 1.165) is 45.2 Å². The zero-order valence-electron chi connectivity index (χ0n) is 24.7. The Labute approximate surface area is 258 Å². The molecule has 6 heterocycles. The largest absolute Gasteiger partial charge is 0.508 e. The second kappa shape index (κ2) is 10.7. The fourth-order valence-corrected chi connectivity index (χ4v) is 7.93. The van der Waals surface area contributed by atoms with Crippen LogP contribution in [0, 0.1) is 24.0 Å². The number of nitrogens with zero attached hydrogens (tertiary/aromatic N) is 5. The lowest BCUT2D eigenvalue weighted by Gasteiger charge is -2.38. The van der Waals surface area contributed by atoms with Crippen molar-refractivity contribution in [3.05, 3.63) is 41.5 Å². The predicted molar refractivity (Wildman–Crippen MR) is 163 cm³/mol. The highest BCUT2D eigenvalue weighted by Gasteiger charge is 2.49. The number of phenolic OH excluding ortho intramolecular Hbond substituents is 1. The molecule has 0 saturated carbocycles. The van der Waals surface area contributed by atoms with Gasteiger partial charge in [0, 0.05) is 42.9 Å². The average molecular weight is 616 g/mol. The Hall–Kier alpha value is -4.30. The Morgan fingerprint density at radius 2 is 1.98 bits per heavy atom. The van der Waals surface area contributed by atoms with Crippen molar-refractivity contribution >= 4 is 27.5 Å². The van der Waals surface area contributed by atoms with Gasteiger partial charge in [-0.3, -0.25) is 4.90 Å². The van der Waals surface area contributed by atoms with E-state index in [0.29, 0.717) is 42.6 Å². The molecule has 232 valence electrons. The van der Waals surface area contributed by atoms with Crippen LogP contribution in [0.2, 0.25) is 0 Å². The minimum atomic E-state index is -0.922. The number of rotatable bonds is 4. The van der Waals surface area contributed by atoms with Gasteiger partial charge in [0.2, 0.25) is 5.88 Å². The summed E-state index contributed by atoms with van der Waals surface area (Å²) in [6.07, 6.45) is 10.6. The van der Waals surface area contributed by atoms with Gasteiger partial charge in [-0.1, -0.05) is 12.0 Å². The molecule has 4 aromatic rings. The van der Waals surface area contributed by atoms with Crippen LogP contribution in [0.15, 0.2) is 24.3 Å². The van der Waals surface area contributed by atoms with Gasteiger partial charge in [0.15, 0.2) is 5.82 Å². The number of hydrogen-bond donors (Lipinski definition) is 1. The number of fused-ring (bicyclic) bond motifs is 4. The number of piperidine rings is 1. The molecule has 0 radical (unpaired) electrons. The summed E-state index contributed by atoms with van der Waals surface area (Å²) in [5, 5.41) is 11.6. The lowest BCUT2D eigenvalue weighted by atomic mass is 9.95. The molecule has 0 bridgehead atoms. The van der Waals surface area contributed by atoms with E-state index in [1.165, 1.54) is 24.3 Å². The van der Waals surface area contributed by atoms with Crippen molar-refractivity contribution < 1.29 is 27.8 Å². The number of terminal acetylenes is 1. The maximum absolute atomic E-state index is 16.9. The van der Waals surface area contributed by atoms with Crippen LogP contribution in [0.1, 0.15) is 50.5 Å². The van der Waals surface area contributed by atoms with E-state index in [1.54, 1.807) is 0 Å². The summed E-state index contributed by atoms with van der Waals surface area (Å²) in [4.78, 5) is 18.4. The maximum Gasteiger partial charge on any atom is 0.319 e. The van der Waals surface area contributed by atoms with E-state index >= 15 is 4.39 Å². The third-order valence-electron chi connectivity index (χ3n) is 9.98. The summed E-state index contributed by atoms with van der Waals surface area (Å²) in [5.41, 5.74) is -0.657. The standard InChI is InChI=1S/C34H32F3N5O3/c1-2-23-25(36)8-7-19-14-22(43)15-24(26(19)23)29-28(37)30-27-31(42-12-4-3-6-21(42)9-13-44-32(27)38-29)40-33(39-30)45-18-34-10-5-11-41(34)17-20(35)16-34/h1,7-8,14-15,20-21,43H,3-6,9-13,16-18H2/t20-,21?,34+/m1/s1. The summed E-state index contributed by atoms with van der Waals surface area (Å²) in [5.74, 6) is 1.38. The first-order chi connectivity index (χ1) is 21.8. The monoisotopic (exact) mass is 615 g/mol. The van der Waals surface area contributed by atoms with Crippen molar-refractivity contribution in [2.24, 2.45) is 0 Å². The van der Waals surface area contributed by atoms with Crippen molar-refractivity contribution in [3.8, 4) is 41.2 Å². The molecule has 4 aliphatic heterocycles. The van der Waals surface area contributed by atoms with Crippen molar-refractivity contribution in [1.82, 2.24) is 19.9 Å². The van der Waals surface area contributed by atoms with Crippen molar-refractivity contribution in [2.75, 3.05) is 37.7 Å². The third-order valence-corrected chi connectivity index (χ3v) is 9.98. The number of hydrogen-bond acceptors (Lipinski definition) is 8. The fraction of sp³-hybridized carbons (Fsp3) is 0.441. The second-order valence-corrected chi connectivity index (χ2v) is 12.6. The molecule has 1 unspecified atom stereocenters. The lowest BCUT2D eigenvalue weighted by Crippen LogP contribution is -2.44. The molecule has 3 saturated heterocycles. The van der Waals surface area contributed by atoms with Gasteiger partial charge < -0.3 is 19.5 Å². The van der Waals surface area contributed by atoms with Crippen LogP contribution >= 0.6 is 0 Å². The first kappa shape index (κ1) is 28.2. The summed E-state index contributed by atoms with van der Waals surface area (Å²) in [6, 6.07) is 5.57. The smallest absolute Gasteiger partial charge is 0.319 e. The molecule has 0 aliphatic carbocycles. The van der Waals surface area contributed by atoms with Crippen LogP contribution < -0.4 is 14.4 Å². The number of aromatic hydroxyl groups is 1. The number of halogens is 3. The fourth-order valence-electron chi connectivity index (χ4n) is 7.93. The first-order valence-corrected chi connectivity index (χ1v) is 15.6. The highest BCUT2D eigenvalue weighted by Crippen LogP contribution is 2.45. The zero-order valence-corrected chi connectivity index (χ0v) is 24.7. The molecule has 3 atom stereocenters. The van der Waals surface area contributed by atoms with Crippen LogP contribution in [-0.4, -0.2) is 75.6 Å². The van der Waals surface area contributed by atoms with Gasteiger partial charge in [-0.2, -0.15) is 9.97 Å². The quantitative estimate of drug-likeness (QED) is 0.284. The van der Waals surface area contributed by atoms with Crippen LogP contribution in [0.3, 0.4) is 0 Å². The summed E-state index contributed by atoms with van der Waals surface area (Å²) < 4.78 is 58.8. The van der Waals surface area contributed by atoms with Crippen LogP contribution in [0.4, 0.5) is 19.0 Å². The van der Waals surface area contributed by atoms with Gasteiger partial charge in [-0.25, -0.2) is 18.2 Å². The SMILES string of the molecule is C#Cc1c(F)ccc2cc(O)cc(-c3nc4c5c(nc(OC[C@@]67CCCN6C[C@H](F)C7)nc5c3F)N3CCCCC3CCO4)c12. The van der Waals surface area contributed by atoms with E-state index in [4.69, 9.17) is 20.9 Å². The zero-order chi connectivity index (χ0) is 30.9. The number of benzene rings is 2. The highest BCUT2D eigenvalue weighted by molar-refractivity contribution is 6.04. The third kappa shape index (κ3) is 4.52. The summed E-state index contributed by atoms with van der Waals surface area (Å²) in [6.45, 7) is 2.45. The average Bonchev–Trinajstić information content (AvgIpc) is 3.55. The number of pyridine rings is 1. The molecule has 2 aromatic heterocycles. The molecule has 11 heteroatoms. The molecule has 45 heavy (non-hydrogen) atoms. The molecule has 0 amide bonds. The molecule has 8 rings (SSSR count). The Bertz CT molecular complexity index is 1900. The molecule has 1 N–H and O–H groups in total. The Kier molecular flexibility index (Phi) is 6.68. The van der Waals surface area contributed by atoms with Crippen molar-refractivity contribution in [3.63, 3.8) is 0 Å². The number of alkyl halides is 1. The van der Waals surface area contributed by atoms with Gasteiger partial charge in [-0.15, -0.1) is 6.42 Å². The molecule has 8 nitrogen and oxygen atoms in total. The second-order valence-electron chi connectivity index (χ2n) is 12.6. The van der Waals surface area contributed by atoms with Crippen LogP contribution in [-0.2, 0) is 0 Å². The minimum absolute atomic E-state index is 0.0101. The predicted octanol–water partition coefficient (Wildman–Crippen LogP) is 5.91. The first-order valence-electron chi connectivity index (χ1n) is 15.6. The van der Waals surface area contributed by atoms with E-state index in [1.807, 2.05) is 0 Å². The van der Waals surface area contributed by atoms with E-state index in [2.05, 4.69) is 25.7 Å². The van der Waals surface area contributed by atoms with E-state index in [9.17, 15) is 13.9 Å². The van der Waals surface area contributed by atoms with Crippen molar-refractivity contribution in [1.29, 1.82) is 0 Å². The van der Waals surface area contributed by atoms with Gasteiger partial charge >= 0.3 is 6.01 Å². The van der Waals surface area contributed by atoms with Gasteiger partial charge in [0.05, 0.1) is 17.7 Å². The lowest BCUT2D eigenvalue weighted by molar-refractivity contribution is 0.107. The Morgan fingerprint density at radius 3 is 2.84 bits per heavy atom. The molecule has 2 aromatic carbocycles. The number of ether oxygens (including phenoxy) is 2. The molecular weight excluding hydrogens is 583 g/mol. The molecule has 0 spiro atoms. The minimum Gasteiger partial charge on any atom is -0.508 e. The van der Waals surface area contributed by atoms with E-state index < -0.39 is 23.3 Å². The summed E-state index contributed by atoms with van der Waals surface area (Å²) >= 11 is 0. The van der Waals surface area contributed by atoms with Gasteiger partial charge in [0.1, 0.15) is 46.8 Å². The Balaban J connectivity index is 1.34. The number of aromatic nitrogens is 3. The molecule has 4 aliphatic rings. The normalized spacial score (nSPS) is 24.5. The topological polar surface area (TPSA) is 83.8 Å². The Morgan fingerprint density at radius 1 is 1.09 bits per heavy atom. The molecular formula is C34H32F3N5O3. The summed E-state index contributed by atoms with van der Waals surface area (Å²) in [7, 11) is 0. The van der Waals surface area contributed by atoms with Crippen molar-refractivity contribution in [2.45, 2.75) is 62.7 Å². The highest BCUT2D eigenvalue weighted by atomic mass is 19.1. The maximum atomic E-state index is 16.9. The van der Waals surface area contributed by atoms with Gasteiger partial charge in [-0.05, 0) is 62.2 Å². The number of anilines is 1. The van der Waals surface area contributed by atoms with Crippen LogP contribution in [0.25, 0.3) is 32.9 Å². The van der Waals surface area contributed by atoms with E-state index in [-0.39, 0.29) is 58.0 Å². The number of phenols is 1. The molecule has 3 fully saturated rings. The van der Waals surface area contributed by atoms with Gasteiger partial charge in [0.25, 0.3) is 0 Å².